The van der Waals surface area contributed by atoms with E-state index in [2.05, 4.69) is 32.9 Å². The second-order valence-electron chi connectivity index (χ2n) is 3.06. The molecule has 1 rings (SSSR count). The average molecular weight is 218 g/mol. The second kappa shape index (κ2) is 6.51. The van der Waals surface area contributed by atoms with Gasteiger partial charge in [0.2, 0.25) is 0 Å². The molecule has 1 aliphatic heterocycles. The molecular formula is C14H18O2. The third-order valence-electron chi connectivity index (χ3n) is 2.08. The van der Waals surface area contributed by atoms with E-state index in [4.69, 9.17) is 9.84 Å². The first-order valence-corrected chi connectivity index (χ1v) is 4.82. The molecule has 1 heterocycles. The van der Waals surface area contributed by atoms with Gasteiger partial charge in [-0.2, -0.15) is 0 Å². The van der Waals surface area contributed by atoms with Gasteiger partial charge in [-0.05, 0) is 18.1 Å². The van der Waals surface area contributed by atoms with E-state index in [9.17, 15) is 0 Å². The molecule has 0 amide bonds. The van der Waals surface area contributed by atoms with Gasteiger partial charge in [0.15, 0.2) is 0 Å². The van der Waals surface area contributed by atoms with Gasteiger partial charge in [0.1, 0.15) is 18.1 Å². The largest absolute Gasteiger partial charge is 0.508 e. The summed E-state index contributed by atoms with van der Waals surface area (Å²) in [6.45, 7) is 19.5. The molecule has 0 aliphatic carbocycles. The number of hydrogen-bond acceptors (Lipinski definition) is 2. The highest BCUT2D eigenvalue weighted by atomic mass is 16.5. The lowest BCUT2D eigenvalue weighted by Crippen LogP contribution is -2.11. The third-order valence-corrected chi connectivity index (χ3v) is 2.08. The van der Waals surface area contributed by atoms with E-state index in [1.165, 1.54) is 6.08 Å². The maximum atomic E-state index is 9.00. The summed E-state index contributed by atoms with van der Waals surface area (Å²) >= 11 is 0. The van der Waals surface area contributed by atoms with Crippen LogP contribution in [-0.2, 0) is 4.74 Å². The van der Waals surface area contributed by atoms with Crippen LogP contribution in [0.1, 0.15) is 6.92 Å². The SMILES string of the molecule is C=C.C=C(O)/C=C1/OC/C(=C/C)C(=C)C1=C. The summed E-state index contributed by atoms with van der Waals surface area (Å²) in [4.78, 5) is 0. The molecule has 86 valence electrons. The first kappa shape index (κ1) is 14.0. The Bertz CT molecular complexity index is 370. The zero-order valence-corrected chi connectivity index (χ0v) is 9.75. The number of aliphatic hydroxyl groups is 1. The molecule has 1 aliphatic rings. The van der Waals surface area contributed by atoms with Gasteiger partial charge in [-0.15, -0.1) is 13.2 Å². The number of hydrogen-bond donors (Lipinski definition) is 1. The molecule has 0 spiro atoms. The molecule has 1 N–H and O–H groups in total. The van der Waals surface area contributed by atoms with Crippen molar-refractivity contribution in [2.45, 2.75) is 6.92 Å². The highest BCUT2D eigenvalue weighted by molar-refractivity contribution is 5.54. The van der Waals surface area contributed by atoms with Crippen molar-refractivity contribution in [3.63, 3.8) is 0 Å². The minimum Gasteiger partial charge on any atom is -0.508 e. The van der Waals surface area contributed by atoms with Crippen molar-refractivity contribution in [3.05, 3.63) is 73.3 Å². The average Bonchev–Trinajstić information content (AvgIpc) is 2.27. The molecule has 2 nitrogen and oxygen atoms in total. The summed E-state index contributed by atoms with van der Waals surface area (Å²) in [6.07, 6.45) is 3.39. The Kier molecular flexibility index (Phi) is 5.71. The van der Waals surface area contributed by atoms with Crippen LogP contribution in [0, 0.1) is 0 Å². The Balaban J connectivity index is 0.00000106. The minimum atomic E-state index is -0.0436. The van der Waals surface area contributed by atoms with Gasteiger partial charge in [-0.1, -0.05) is 25.8 Å². The summed E-state index contributed by atoms with van der Waals surface area (Å²) in [6, 6.07) is 0. The fraction of sp³-hybridized carbons (Fsp3) is 0.143. The van der Waals surface area contributed by atoms with Crippen molar-refractivity contribution in [1.29, 1.82) is 0 Å². The van der Waals surface area contributed by atoms with Crippen molar-refractivity contribution in [2.24, 2.45) is 0 Å². The molecule has 0 unspecified atom stereocenters. The zero-order chi connectivity index (χ0) is 12.7. The van der Waals surface area contributed by atoms with E-state index in [-0.39, 0.29) is 5.76 Å². The van der Waals surface area contributed by atoms with E-state index in [0.29, 0.717) is 17.9 Å². The van der Waals surface area contributed by atoms with Crippen molar-refractivity contribution < 1.29 is 9.84 Å². The number of allylic oxidation sites excluding steroid dienone is 3. The quantitative estimate of drug-likeness (QED) is 0.535. The molecule has 0 bridgehead atoms. The summed E-state index contributed by atoms with van der Waals surface area (Å²) in [5, 5.41) is 9.00. The topological polar surface area (TPSA) is 29.5 Å². The summed E-state index contributed by atoms with van der Waals surface area (Å²) < 4.78 is 5.39. The third kappa shape index (κ3) is 3.31. The smallest absolute Gasteiger partial charge is 0.130 e. The molecule has 0 aromatic rings. The Morgan fingerprint density at radius 2 is 1.88 bits per heavy atom. The van der Waals surface area contributed by atoms with Gasteiger partial charge in [-0.3, -0.25) is 0 Å². The van der Waals surface area contributed by atoms with E-state index in [0.717, 1.165) is 11.1 Å². The van der Waals surface area contributed by atoms with Crippen LogP contribution >= 0.6 is 0 Å². The van der Waals surface area contributed by atoms with E-state index < -0.39 is 0 Å². The van der Waals surface area contributed by atoms with Gasteiger partial charge in [0, 0.05) is 11.6 Å². The van der Waals surface area contributed by atoms with Crippen LogP contribution in [-0.4, -0.2) is 11.7 Å². The Hall–Kier alpha value is -1.96. The number of ether oxygens (including phenoxy) is 1. The van der Waals surface area contributed by atoms with Crippen LogP contribution in [0.3, 0.4) is 0 Å². The fourth-order valence-electron chi connectivity index (χ4n) is 1.21. The van der Waals surface area contributed by atoms with Gasteiger partial charge in [0.05, 0.1) is 0 Å². The Labute approximate surface area is 97.3 Å². The molecule has 16 heavy (non-hydrogen) atoms. The first-order chi connectivity index (χ1) is 7.56. The molecule has 0 aromatic heterocycles. The molecular weight excluding hydrogens is 200 g/mol. The number of aliphatic hydroxyl groups excluding tert-OH is 1. The van der Waals surface area contributed by atoms with E-state index in [1.807, 2.05) is 13.0 Å². The summed E-state index contributed by atoms with van der Waals surface area (Å²) in [5.41, 5.74) is 2.57. The minimum absolute atomic E-state index is 0.0436. The predicted octanol–water partition coefficient (Wildman–Crippen LogP) is 3.83. The first-order valence-electron chi connectivity index (χ1n) is 4.82. The molecule has 1 fully saturated rings. The molecule has 0 atom stereocenters. The Morgan fingerprint density at radius 3 is 2.31 bits per heavy atom. The normalized spacial score (nSPS) is 20.1. The highest BCUT2D eigenvalue weighted by Gasteiger charge is 2.18. The maximum Gasteiger partial charge on any atom is 0.130 e. The lowest BCUT2D eigenvalue weighted by Gasteiger charge is -2.23. The van der Waals surface area contributed by atoms with Crippen molar-refractivity contribution in [3.8, 4) is 0 Å². The molecule has 0 aromatic carbocycles. The van der Waals surface area contributed by atoms with Gasteiger partial charge in [-0.25, -0.2) is 0 Å². The van der Waals surface area contributed by atoms with Gasteiger partial charge >= 0.3 is 0 Å². The van der Waals surface area contributed by atoms with Crippen LogP contribution < -0.4 is 0 Å². The van der Waals surface area contributed by atoms with Crippen LogP contribution in [0.5, 0.6) is 0 Å². The highest BCUT2D eigenvalue weighted by Crippen LogP contribution is 2.30. The van der Waals surface area contributed by atoms with Crippen LogP contribution in [0.15, 0.2) is 73.3 Å². The summed E-state index contributed by atoms with van der Waals surface area (Å²) in [7, 11) is 0. The molecule has 0 radical (unpaired) electrons. The summed E-state index contributed by atoms with van der Waals surface area (Å²) in [5.74, 6) is 0.492. The standard InChI is InChI=1S/C12H14O2.C2H4/c1-5-11-7-14-12(6-8(2)13)10(4)9(11)3;1-2/h5-6,13H,2-4,7H2,1H3;1-2H2/b11-5-,12-6+;. The molecule has 1 saturated heterocycles. The molecule has 0 saturated carbocycles. The van der Waals surface area contributed by atoms with Crippen LogP contribution in [0.25, 0.3) is 0 Å². The number of rotatable bonds is 1. The van der Waals surface area contributed by atoms with Gasteiger partial charge < -0.3 is 9.84 Å². The fourth-order valence-corrected chi connectivity index (χ4v) is 1.21. The molecule has 2 heteroatoms. The van der Waals surface area contributed by atoms with E-state index in [1.54, 1.807) is 0 Å². The van der Waals surface area contributed by atoms with Crippen molar-refractivity contribution >= 4 is 0 Å². The Morgan fingerprint density at radius 1 is 1.31 bits per heavy atom. The zero-order valence-electron chi connectivity index (χ0n) is 9.75. The lowest BCUT2D eigenvalue weighted by molar-refractivity contribution is 0.238. The van der Waals surface area contributed by atoms with Gasteiger partial charge in [0.25, 0.3) is 0 Å². The van der Waals surface area contributed by atoms with Crippen LogP contribution in [0.4, 0.5) is 0 Å². The predicted molar refractivity (Wildman–Crippen MR) is 69.1 cm³/mol. The lowest BCUT2D eigenvalue weighted by atomic mass is 9.96. The monoisotopic (exact) mass is 218 g/mol. The van der Waals surface area contributed by atoms with Crippen molar-refractivity contribution in [1.82, 2.24) is 0 Å². The van der Waals surface area contributed by atoms with E-state index >= 15 is 0 Å². The van der Waals surface area contributed by atoms with Crippen molar-refractivity contribution in [2.75, 3.05) is 6.61 Å². The van der Waals surface area contributed by atoms with Crippen LogP contribution in [0.2, 0.25) is 0 Å². The maximum absolute atomic E-state index is 9.00. The second-order valence-corrected chi connectivity index (χ2v) is 3.06.